The van der Waals surface area contributed by atoms with Crippen molar-refractivity contribution in [3.8, 4) is 22.5 Å². The Morgan fingerprint density at radius 2 is 1.75 bits per heavy atom. The number of ether oxygens (including phenoxy) is 2. The highest BCUT2D eigenvalue weighted by Gasteiger charge is 2.22. The first kappa shape index (κ1) is 23.6. The minimum atomic E-state index is -0.341. The maximum Gasteiger partial charge on any atom is 0.323 e. The Balaban J connectivity index is 1.82. The Bertz CT molecular complexity index is 1020. The lowest BCUT2D eigenvalue weighted by Gasteiger charge is -2.20. The number of hydrogen-bond acceptors (Lipinski definition) is 7. The van der Waals surface area contributed by atoms with Crippen LogP contribution in [0.4, 0.5) is 0 Å². The smallest absolute Gasteiger partial charge is 0.323 e. The van der Waals surface area contributed by atoms with Crippen LogP contribution >= 0.6 is 0 Å². The molecule has 0 bridgehead atoms. The highest BCUT2D eigenvalue weighted by molar-refractivity contribution is 5.80. The summed E-state index contributed by atoms with van der Waals surface area (Å²) in [5.74, 6) is 0.549. The molecular formula is C24H31N5O3. The topological polar surface area (TPSA) is 91.2 Å². The maximum atomic E-state index is 12.0. The summed E-state index contributed by atoms with van der Waals surface area (Å²) in [6, 6.07) is 15.9. The molecule has 1 unspecified atom stereocenters. The van der Waals surface area contributed by atoms with Gasteiger partial charge in [-0.2, -0.15) is 4.68 Å². The number of tetrazole rings is 1. The zero-order chi connectivity index (χ0) is 23.1. The third-order valence-corrected chi connectivity index (χ3v) is 5.33. The first-order chi connectivity index (χ1) is 15.5. The molecule has 0 fully saturated rings. The van der Waals surface area contributed by atoms with Crippen molar-refractivity contribution in [2.45, 2.75) is 46.5 Å². The summed E-state index contributed by atoms with van der Waals surface area (Å²) in [7, 11) is 1.41. The highest BCUT2D eigenvalue weighted by atomic mass is 16.5. The predicted octanol–water partition coefficient (Wildman–Crippen LogP) is 3.85. The van der Waals surface area contributed by atoms with E-state index in [0.29, 0.717) is 19.0 Å². The number of methoxy groups -OCH3 is 1. The first-order valence-corrected chi connectivity index (χ1v) is 10.9. The van der Waals surface area contributed by atoms with Gasteiger partial charge < -0.3 is 14.8 Å². The van der Waals surface area contributed by atoms with E-state index in [4.69, 9.17) is 9.47 Å². The van der Waals surface area contributed by atoms with Gasteiger partial charge in [0.2, 0.25) is 0 Å². The number of benzene rings is 2. The zero-order valence-electron chi connectivity index (χ0n) is 19.3. The SMILES string of the molecule is CCOC(C)n1nnnc1-c1ccccc1-c1ccc(CN[C@H](C(=O)OC)C(C)C)cc1. The molecule has 2 atom stereocenters. The quantitative estimate of drug-likeness (QED) is 0.482. The van der Waals surface area contributed by atoms with Crippen LogP contribution in [0.15, 0.2) is 48.5 Å². The molecule has 8 heteroatoms. The Kier molecular flexibility index (Phi) is 8.08. The average molecular weight is 438 g/mol. The van der Waals surface area contributed by atoms with Gasteiger partial charge in [-0.3, -0.25) is 4.79 Å². The van der Waals surface area contributed by atoms with Gasteiger partial charge >= 0.3 is 5.97 Å². The Morgan fingerprint density at radius 1 is 1.06 bits per heavy atom. The second-order valence-electron chi connectivity index (χ2n) is 7.87. The lowest BCUT2D eigenvalue weighted by Crippen LogP contribution is -2.41. The standard InChI is InChI=1S/C24H31N5O3/c1-6-32-17(4)29-23(26-27-28-29)21-10-8-7-9-20(21)19-13-11-18(12-14-19)15-25-22(16(2)3)24(30)31-5/h7-14,16-17,22,25H,6,15H2,1-5H3/t17?,22-/m0/s1. The summed E-state index contributed by atoms with van der Waals surface area (Å²) < 4.78 is 12.3. The summed E-state index contributed by atoms with van der Waals surface area (Å²) in [5, 5.41) is 15.5. The molecule has 8 nitrogen and oxygen atoms in total. The number of esters is 1. The summed E-state index contributed by atoms with van der Waals surface area (Å²) in [6.45, 7) is 9.00. The molecule has 0 aliphatic heterocycles. The van der Waals surface area contributed by atoms with Crippen molar-refractivity contribution < 1.29 is 14.3 Å². The number of nitrogens with zero attached hydrogens (tertiary/aromatic N) is 4. The van der Waals surface area contributed by atoms with E-state index in [1.54, 1.807) is 4.68 Å². The van der Waals surface area contributed by atoms with Crippen molar-refractivity contribution in [2.24, 2.45) is 5.92 Å². The predicted molar refractivity (Wildman–Crippen MR) is 123 cm³/mol. The average Bonchev–Trinajstić information content (AvgIpc) is 3.29. The molecule has 0 saturated carbocycles. The molecule has 0 spiro atoms. The largest absolute Gasteiger partial charge is 0.468 e. The van der Waals surface area contributed by atoms with Gasteiger partial charge in [-0.25, -0.2) is 0 Å². The fourth-order valence-corrected chi connectivity index (χ4v) is 3.61. The van der Waals surface area contributed by atoms with Crippen molar-refractivity contribution in [1.82, 2.24) is 25.5 Å². The van der Waals surface area contributed by atoms with E-state index >= 15 is 0 Å². The fourth-order valence-electron chi connectivity index (χ4n) is 3.61. The van der Waals surface area contributed by atoms with Crippen LogP contribution in [-0.2, 0) is 20.8 Å². The number of nitrogens with one attached hydrogen (secondary N) is 1. The van der Waals surface area contributed by atoms with Gasteiger partial charge in [0.25, 0.3) is 0 Å². The molecule has 3 aromatic rings. The molecule has 1 heterocycles. The number of hydrogen-bond donors (Lipinski definition) is 1. The third kappa shape index (κ3) is 5.38. The van der Waals surface area contributed by atoms with Crippen LogP contribution in [0.1, 0.15) is 39.5 Å². The van der Waals surface area contributed by atoms with Crippen molar-refractivity contribution in [3.05, 3.63) is 54.1 Å². The Labute approximate surface area is 188 Å². The molecule has 0 saturated heterocycles. The van der Waals surface area contributed by atoms with Gasteiger partial charge in [0.1, 0.15) is 6.04 Å². The fraction of sp³-hybridized carbons (Fsp3) is 0.417. The van der Waals surface area contributed by atoms with E-state index in [1.807, 2.05) is 45.9 Å². The Morgan fingerprint density at radius 3 is 2.38 bits per heavy atom. The number of carbonyl (C=O) groups is 1. The number of rotatable bonds is 10. The molecule has 2 aromatic carbocycles. The van der Waals surface area contributed by atoms with Gasteiger partial charge in [-0.05, 0) is 46.9 Å². The van der Waals surface area contributed by atoms with Crippen LogP contribution in [0.5, 0.6) is 0 Å². The highest BCUT2D eigenvalue weighted by Crippen LogP contribution is 2.31. The van der Waals surface area contributed by atoms with E-state index in [0.717, 1.165) is 22.3 Å². The number of carbonyl (C=O) groups excluding carboxylic acids is 1. The molecule has 0 aliphatic carbocycles. The summed E-state index contributed by atoms with van der Waals surface area (Å²) >= 11 is 0. The van der Waals surface area contributed by atoms with Crippen LogP contribution in [0.3, 0.4) is 0 Å². The molecule has 170 valence electrons. The molecule has 3 rings (SSSR count). The molecule has 32 heavy (non-hydrogen) atoms. The Hall–Kier alpha value is -3.10. The minimum absolute atomic E-state index is 0.138. The second-order valence-corrected chi connectivity index (χ2v) is 7.87. The van der Waals surface area contributed by atoms with E-state index in [-0.39, 0.29) is 24.2 Å². The second kappa shape index (κ2) is 11.0. The van der Waals surface area contributed by atoms with Crippen LogP contribution in [0, 0.1) is 5.92 Å². The molecule has 1 aromatic heterocycles. The van der Waals surface area contributed by atoms with E-state index in [2.05, 4.69) is 51.2 Å². The normalized spacial score (nSPS) is 13.2. The maximum absolute atomic E-state index is 12.0. The van der Waals surface area contributed by atoms with Crippen molar-refractivity contribution >= 4 is 5.97 Å². The summed E-state index contributed by atoms with van der Waals surface area (Å²) in [4.78, 5) is 12.0. The zero-order valence-corrected chi connectivity index (χ0v) is 19.3. The summed E-state index contributed by atoms with van der Waals surface area (Å²) in [6.07, 6.45) is -0.268. The van der Waals surface area contributed by atoms with Crippen molar-refractivity contribution in [2.75, 3.05) is 13.7 Å². The molecule has 0 aliphatic rings. The van der Waals surface area contributed by atoms with Gasteiger partial charge in [-0.15, -0.1) is 5.10 Å². The lowest BCUT2D eigenvalue weighted by molar-refractivity contribution is -0.144. The van der Waals surface area contributed by atoms with Crippen LogP contribution in [-0.4, -0.2) is 45.9 Å². The van der Waals surface area contributed by atoms with E-state index in [1.165, 1.54) is 7.11 Å². The van der Waals surface area contributed by atoms with Crippen LogP contribution in [0.25, 0.3) is 22.5 Å². The molecule has 0 amide bonds. The number of aromatic nitrogens is 4. The van der Waals surface area contributed by atoms with E-state index in [9.17, 15) is 4.79 Å². The summed E-state index contributed by atoms with van der Waals surface area (Å²) in [5.41, 5.74) is 4.09. The van der Waals surface area contributed by atoms with Crippen molar-refractivity contribution in [1.29, 1.82) is 0 Å². The van der Waals surface area contributed by atoms with Gasteiger partial charge in [0.15, 0.2) is 12.1 Å². The molecule has 0 radical (unpaired) electrons. The van der Waals surface area contributed by atoms with Crippen LogP contribution in [0.2, 0.25) is 0 Å². The monoisotopic (exact) mass is 437 g/mol. The van der Waals surface area contributed by atoms with Crippen LogP contribution < -0.4 is 5.32 Å². The first-order valence-electron chi connectivity index (χ1n) is 10.9. The third-order valence-electron chi connectivity index (χ3n) is 5.33. The van der Waals surface area contributed by atoms with Gasteiger partial charge in [0.05, 0.1) is 7.11 Å². The molecular weight excluding hydrogens is 406 g/mol. The van der Waals surface area contributed by atoms with Crippen molar-refractivity contribution in [3.63, 3.8) is 0 Å². The lowest BCUT2D eigenvalue weighted by atomic mass is 9.98. The molecule has 1 N–H and O–H groups in total. The van der Waals surface area contributed by atoms with Gasteiger partial charge in [-0.1, -0.05) is 62.4 Å². The van der Waals surface area contributed by atoms with E-state index < -0.39 is 0 Å². The minimum Gasteiger partial charge on any atom is -0.468 e. The van der Waals surface area contributed by atoms with Gasteiger partial charge in [0, 0.05) is 18.7 Å².